The molecule has 0 bridgehead atoms. The average molecular weight is 625 g/mol. The zero-order valence-electron chi connectivity index (χ0n) is 22.0. The van der Waals surface area contributed by atoms with Crippen molar-refractivity contribution in [2.45, 2.75) is 34.7 Å². The summed E-state index contributed by atoms with van der Waals surface area (Å²) in [6.45, 7) is -0.0944. The third kappa shape index (κ3) is 3.55. The van der Waals surface area contributed by atoms with E-state index in [1.807, 2.05) is 0 Å². The van der Waals surface area contributed by atoms with Gasteiger partial charge in [0, 0.05) is 12.3 Å². The van der Waals surface area contributed by atoms with Crippen molar-refractivity contribution in [1.82, 2.24) is 13.9 Å². The van der Waals surface area contributed by atoms with Gasteiger partial charge in [0.15, 0.2) is 21.3 Å². The fraction of sp³-hybridized carbons (Fsp3) is 0.200. The summed E-state index contributed by atoms with van der Waals surface area (Å²) in [6.07, 6.45) is 1.25. The number of benzene rings is 3. The lowest BCUT2D eigenvalue weighted by molar-refractivity contribution is -0.122. The van der Waals surface area contributed by atoms with E-state index in [0.717, 1.165) is 33.7 Å². The van der Waals surface area contributed by atoms with Crippen LogP contribution in [0.2, 0.25) is 0 Å². The Balaban J connectivity index is 1.47. The minimum atomic E-state index is -2.24. The largest absolute Gasteiger partial charge is 0.505 e. The lowest BCUT2D eigenvalue weighted by atomic mass is 9.64. The van der Waals surface area contributed by atoms with Crippen LogP contribution in [0.5, 0.6) is 5.75 Å². The molecule has 43 heavy (non-hydrogen) atoms. The average Bonchev–Trinajstić information content (AvgIpc) is 3.33. The maximum Gasteiger partial charge on any atom is 0.352 e. The van der Waals surface area contributed by atoms with Crippen LogP contribution >= 0.6 is 23.2 Å². The fourth-order valence-electron chi connectivity index (χ4n) is 6.54. The van der Waals surface area contributed by atoms with Gasteiger partial charge in [0.1, 0.15) is 5.82 Å². The number of fused-ring (bicyclic) bond motifs is 4. The van der Waals surface area contributed by atoms with E-state index in [9.17, 15) is 33.1 Å². The first-order valence-corrected chi connectivity index (χ1v) is 13.9. The van der Waals surface area contributed by atoms with Gasteiger partial charge in [-0.15, -0.1) is 23.2 Å². The second-order valence-electron chi connectivity index (χ2n) is 10.7. The summed E-state index contributed by atoms with van der Waals surface area (Å²) in [4.78, 5) is 52.0. The predicted octanol–water partition coefficient (Wildman–Crippen LogP) is 3.98. The Morgan fingerprint density at radius 2 is 1.53 bits per heavy atom. The van der Waals surface area contributed by atoms with Gasteiger partial charge in [-0.25, -0.2) is 37.2 Å². The molecule has 3 aliphatic rings. The van der Waals surface area contributed by atoms with Crippen molar-refractivity contribution < 1.29 is 23.5 Å². The zero-order chi connectivity index (χ0) is 30.4. The zero-order valence-corrected chi connectivity index (χ0v) is 23.5. The Morgan fingerprint density at radius 1 is 0.837 bits per heavy atom. The van der Waals surface area contributed by atoms with Gasteiger partial charge < -0.3 is 5.11 Å². The molecule has 1 aliphatic carbocycles. The molecule has 0 spiro atoms. The minimum Gasteiger partial charge on any atom is -0.505 e. The Hall–Kier alpha value is -4.48. The number of hydrogen-bond donors (Lipinski definition) is 1. The number of imide groups is 1. The fourth-order valence-corrected chi connectivity index (χ4v) is 7.45. The van der Waals surface area contributed by atoms with Crippen molar-refractivity contribution in [3.8, 4) is 11.4 Å². The van der Waals surface area contributed by atoms with Crippen LogP contribution in [0.4, 0.5) is 14.5 Å². The number of rotatable bonds is 3. The molecule has 2 aliphatic heterocycles. The van der Waals surface area contributed by atoms with E-state index in [4.69, 9.17) is 23.2 Å². The van der Waals surface area contributed by atoms with E-state index >= 15 is 0 Å². The van der Waals surface area contributed by atoms with Crippen LogP contribution in [0.1, 0.15) is 23.9 Å². The van der Waals surface area contributed by atoms with Crippen LogP contribution in [-0.2, 0) is 16.1 Å². The summed E-state index contributed by atoms with van der Waals surface area (Å²) in [5.41, 5.74) is -0.527. The summed E-state index contributed by atoms with van der Waals surface area (Å²) in [5.74, 6) is -5.38. The number of hydrogen-bond acceptors (Lipinski definition) is 5. The number of anilines is 1. The van der Waals surface area contributed by atoms with Gasteiger partial charge in [-0.1, -0.05) is 30.3 Å². The molecule has 2 fully saturated rings. The highest BCUT2D eigenvalue weighted by atomic mass is 35.5. The topological polar surface area (TPSA) is 107 Å². The van der Waals surface area contributed by atoms with Crippen LogP contribution in [0.25, 0.3) is 5.69 Å². The highest BCUT2D eigenvalue weighted by molar-refractivity contribution is 6.58. The molecule has 1 saturated heterocycles. The van der Waals surface area contributed by atoms with Crippen LogP contribution < -0.4 is 16.3 Å². The number of halogens is 4. The van der Waals surface area contributed by atoms with Crippen LogP contribution in [0.3, 0.4) is 0 Å². The monoisotopic (exact) mass is 624 g/mol. The number of allylic oxidation sites excluding steroid dienone is 2. The molecular weight excluding hydrogens is 605 g/mol. The molecule has 1 N–H and O–H groups in total. The highest BCUT2D eigenvalue weighted by Crippen LogP contribution is 2.63. The van der Waals surface area contributed by atoms with Gasteiger partial charge in [-0.05, 0) is 59.7 Å². The van der Waals surface area contributed by atoms with E-state index < -0.39 is 62.3 Å². The Morgan fingerprint density at radius 3 is 2.21 bits per heavy atom. The van der Waals surface area contributed by atoms with E-state index in [1.54, 1.807) is 36.4 Å². The highest BCUT2D eigenvalue weighted by Gasteiger charge is 2.75. The lowest BCUT2D eigenvalue weighted by Gasteiger charge is -2.49. The van der Waals surface area contributed by atoms with Crippen molar-refractivity contribution in [1.29, 1.82) is 0 Å². The molecule has 7 rings (SSSR count). The number of aromatic nitrogens is 3. The smallest absolute Gasteiger partial charge is 0.352 e. The van der Waals surface area contributed by atoms with E-state index in [1.165, 1.54) is 27.6 Å². The predicted molar refractivity (Wildman–Crippen MR) is 153 cm³/mol. The normalized spacial score (nSPS) is 26.1. The molecule has 1 aromatic heterocycles. The molecule has 9 nitrogen and oxygen atoms in total. The van der Waals surface area contributed by atoms with E-state index in [2.05, 4.69) is 0 Å². The third-order valence-corrected chi connectivity index (χ3v) is 9.90. The van der Waals surface area contributed by atoms with Crippen LogP contribution in [0, 0.1) is 11.6 Å². The van der Waals surface area contributed by atoms with E-state index in [-0.39, 0.29) is 24.2 Å². The molecule has 13 heteroatoms. The second kappa shape index (κ2) is 9.26. The molecule has 0 unspecified atom stereocenters. The lowest BCUT2D eigenvalue weighted by Crippen LogP contribution is -2.59. The van der Waals surface area contributed by atoms with Crippen LogP contribution in [-0.4, -0.2) is 40.6 Å². The Bertz CT molecular complexity index is 2010. The number of aromatic hydroxyl groups is 1. The Labute approximate surface area is 251 Å². The summed E-state index contributed by atoms with van der Waals surface area (Å²) in [5, 5.41) is 9.90. The number of nitrogens with zero attached hydrogens (tertiary/aromatic N) is 4. The molecule has 4 aromatic rings. The van der Waals surface area contributed by atoms with Crippen LogP contribution in [0.15, 0.2) is 94.0 Å². The van der Waals surface area contributed by atoms with Gasteiger partial charge in [-0.2, -0.15) is 0 Å². The molecule has 0 radical (unpaired) electrons. The number of para-hydroxylation sites is 1. The number of phenols is 1. The standard InChI is InChI=1S/C30H20Cl2F2N4O5/c31-29-15-22-20(12-13-35-27(42)37(28(43)38(22)35)18-4-2-1-3-5-18)24(16-6-11-23(39)21(34)14-16)30(29,32)26(41)36(25(29)40)19-9-7-17(33)8-10-19/h1-12,14,22,24,39H,13,15H2/t22-,24+,29-,30+/m1/s1. The first kappa shape index (κ1) is 27.4. The van der Waals surface area contributed by atoms with Gasteiger partial charge in [0.2, 0.25) is 0 Å². The molecule has 2 amide bonds. The maximum atomic E-state index is 14.8. The maximum absolute atomic E-state index is 14.8. The van der Waals surface area contributed by atoms with Gasteiger partial charge in [0.25, 0.3) is 11.8 Å². The van der Waals surface area contributed by atoms with Gasteiger partial charge in [0.05, 0.1) is 24.0 Å². The third-order valence-electron chi connectivity index (χ3n) is 8.48. The summed E-state index contributed by atoms with van der Waals surface area (Å²) < 4.78 is 31.9. The van der Waals surface area contributed by atoms with Crippen molar-refractivity contribution in [2.24, 2.45) is 0 Å². The second-order valence-corrected chi connectivity index (χ2v) is 11.9. The number of phenolic OH excluding ortho intramolecular Hbond substituents is 1. The molecule has 4 atom stereocenters. The molecule has 3 aromatic carbocycles. The molecule has 218 valence electrons. The molecule has 3 heterocycles. The van der Waals surface area contributed by atoms with Crippen molar-refractivity contribution in [2.75, 3.05) is 4.90 Å². The summed E-state index contributed by atoms with van der Waals surface area (Å²) in [6, 6.07) is 15.2. The summed E-state index contributed by atoms with van der Waals surface area (Å²) in [7, 11) is 0. The number of alkyl halides is 2. The summed E-state index contributed by atoms with van der Waals surface area (Å²) >= 11 is 14.4. The first-order chi connectivity index (χ1) is 20.5. The van der Waals surface area contributed by atoms with Gasteiger partial charge in [-0.3, -0.25) is 9.59 Å². The molecule has 1 saturated carbocycles. The quantitative estimate of drug-likeness (QED) is 0.211. The van der Waals surface area contributed by atoms with Gasteiger partial charge >= 0.3 is 11.4 Å². The van der Waals surface area contributed by atoms with Crippen molar-refractivity contribution in [3.05, 3.63) is 123 Å². The molecular formula is C30H20Cl2F2N4O5. The number of carbonyl (C=O) groups is 2. The van der Waals surface area contributed by atoms with E-state index in [0.29, 0.717) is 11.3 Å². The number of carbonyl (C=O) groups excluding carboxylic acids is 2. The Kier molecular flexibility index (Phi) is 5.89. The minimum absolute atomic E-state index is 0.0164. The first-order valence-electron chi connectivity index (χ1n) is 13.2. The number of amides is 2. The van der Waals surface area contributed by atoms with Crippen molar-refractivity contribution in [3.63, 3.8) is 0 Å². The van der Waals surface area contributed by atoms with Crippen molar-refractivity contribution >= 4 is 40.7 Å². The SMILES string of the molecule is O=C1N(c2ccc(F)cc2)C(=O)[C@@]2(Cl)[C@@H](c3ccc(O)c(F)c3)C3=CCn4c(=O)n(-c5ccccc5)c(=O)n4[C@@H]3C[C@@]12Cl.